The molecule has 15 aromatic carbocycles. The minimum Gasteiger partial charge on any atom is -0.309 e. The van der Waals surface area contributed by atoms with Crippen LogP contribution in [-0.4, -0.2) is 48.2 Å². The highest BCUT2D eigenvalue weighted by molar-refractivity contribution is 6.21. The Hall–Kier alpha value is -14.5. The fourth-order valence-electron chi connectivity index (χ4n) is 15.4. The van der Waals surface area contributed by atoms with Crippen LogP contribution in [0.15, 0.2) is 376 Å². The molecule has 496 valence electrons. The lowest BCUT2D eigenvalue weighted by Gasteiger charge is -2.12. The normalized spacial score (nSPS) is 11.6. The number of hydrogen-bond donors (Lipinski definition) is 0. The van der Waals surface area contributed by atoms with E-state index in [4.69, 9.17) is 29.9 Å². The molecule has 0 aliphatic carbocycles. The van der Waals surface area contributed by atoms with Crippen molar-refractivity contribution in [3.05, 3.63) is 376 Å². The molecule has 0 atom stereocenters. The fourth-order valence-corrected chi connectivity index (χ4v) is 15.4. The van der Waals surface area contributed by atoms with Crippen LogP contribution in [0.5, 0.6) is 0 Å². The average Bonchev–Trinajstić information content (AvgIpc) is 1.56. The van der Waals surface area contributed by atoms with Crippen molar-refractivity contribution in [1.29, 1.82) is 0 Å². The predicted octanol–water partition coefficient (Wildman–Crippen LogP) is 23.8. The first-order chi connectivity index (χ1) is 52.6. The van der Waals surface area contributed by atoms with Gasteiger partial charge in [0.1, 0.15) is 0 Å². The number of rotatable bonds is 11. The van der Waals surface area contributed by atoms with Crippen LogP contribution in [0.2, 0.25) is 0 Å². The second-order valence-corrected chi connectivity index (χ2v) is 26.6. The lowest BCUT2D eigenvalue weighted by molar-refractivity contribution is 0.953. The minimum atomic E-state index is 0.567. The molecular formula is C96H62N10. The van der Waals surface area contributed by atoms with Crippen LogP contribution in [-0.2, 0) is 0 Å². The lowest BCUT2D eigenvalue weighted by atomic mass is 10.0. The lowest BCUT2D eigenvalue weighted by Crippen LogP contribution is -2.06. The number of hydrogen-bond acceptors (Lipinski definition) is 6. The van der Waals surface area contributed by atoms with E-state index in [0.29, 0.717) is 35.2 Å². The molecule has 0 aliphatic rings. The van der Waals surface area contributed by atoms with Gasteiger partial charge in [-0.05, 0) is 112 Å². The van der Waals surface area contributed by atoms with Crippen molar-refractivity contribution < 1.29 is 0 Å². The Morgan fingerprint density at radius 2 is 0.387 bits per heavy atom. The number of benzene rings is 15. The number of aromatic nitrogens is 10. The van der Waals surface area contributed by atoms with Gasteiger partial charge in [0.15, 0.2) is 23.3 Å². The van der Waals surface area contributed by atoms with E-state index in [2.05, 4.69) is 358 Å². The van der Waals surface area contributed by atoms with Crippen molar-refractivity contribution in [2.45, 2.75) is 0 Å². The van der Waals surface area contributed by atoms with Crippen LogP contribution in [0, 0.1) is 0 Å². The summed E-state index contributed by atoms with van der Waals surface area (Å²) in [4.78, 5) is 31.2. The van der Waals surface area contributed by atoms with E-state index in [1.54, 1.807) is 0 Å². The van der Waals surface area contributed by atoms with Crippen LogP contribution in [0.3, 0.4) is 0 Å². The Morgan fingerprint density at radius 1 is 0.142 bits per heavy atom. The molecule has 106 heavy (non-hydrogen) atoms. The summed E-state index contributed by atoms with van der Waals surface area (Å²) in [5.74, 6) is 3.62. The van der Waals surface area contributed by atoms with Crippen molar-refractivity contribution >= 4 is 87.2 Å². The van der Waals surface area contributed by atoms with Crippen LogP contribution in [0.25, 0.3) is 189 Å². The van der Waals surface area contributed by atoms with E-state index in [9.17, 15) is 0 Å². The third kappa shape index (κ3) is 10.7. The Kier molecular flexibility index (Phi) is 15.0. The van der Waals surface area contributed by atoms with Gasteiger partial charge in [0.2, 0.25) is 11.9 Å². The Balaban J connectivity index is 0.000000141. The molecule has 0 aliphatic heterocycles. The molecule has 21 aromatic rings. The average molecular weight is 1360 g/mol. The third-order valence-corrected chi connectivity index (χ3v) is 20.4. The first-order valence-electron chi connectivity index (χ1n) is 35.7. The highest BCUT2D eigenvalue weighted by atomic mass is 15.2. The molecule has 0 bridgehead atoms. The Bertz CT molecular complexity index is 6790. The topological polar surface area (TPSA) is 97.1 Å². The van der Waals surface area contributed by atoms with Gasteiger partial charge in [-0.15, -0.1) is 0 Å². The molecule has 0 saturated carbocycles. The van der Waals surface area contributed by atoms with Crippen molar-refractivity contribution in [1.82, 2.24) is 48.2 Å². The van der Waals surface area contributed by atoms with Crippen molar-refractivity contribution in [3.63, 3.8) is 0 Å². The first kappa shape index (κ1) is 61.4. The summed E-state index contributed by atoms with van der Waals surface area (Å²) in [5, 5.41) is 9.43. The standard InChI is InChI=1S/C51H33N5.C45H29N5/c1-4-14-34(15-5-1)36-24-28-38(29-25-36)49-52-50(39-30-26-37(27-31-39)35-16-6-2-7-17-35)54-51(53-49)56-46-23-13-11-21-42(46)44-32-43-41-20-10-12-22-45(41)55(47(43)33-48(44)56)40-18-8-3-9-19-40;1-4-15-30(16-5-1)32-19-14-20-33(27-32)44-46-43(31-17-6-2-7-18-31)47-45(48-44)50-40-26-13-11-24-36(40)38-28-37-35-23-10-12-25-39(35)49(41(37)29-42(38)50)34-21-8-3-9-22-34/h1-33H;1-29H. The fraction of sp³-hybridized carbons (Fsp3) is 0. The third-order valence-electron chi connectivity index (χ3n) is 20.4. The predicted molar refractivity (Wildman–Crippen MR) is 435 cm³/mol. The van der Waals surface area contributed by atoms with Gasteiger partial charge < -0.3 is 9.13 Å². The smallest absolute Gasteiger partial charge is 0.238 e. The summed E-state index contributed by atoms with van der Waals surface area (Å²) in [6.45, 7) is 0. The summed E-state index contributed by atoms with van der Waals surface area (Å²) in [6.07, 6.45) is 0. The molecule has 0 saturated heterocycles. The highest BCUT2D eigenvalue weighted by Gasteiger charge is 2.25. The number of para-hydroxylation sites is 6. The quantitative estimate of drug-likeness (QED) is 0.128. The summed E-state index contributed by atoms with van der Waals surface area (Å²) < 4.78 is 9.13. The maximum absolute atomic E-state index is 5.28. The van der Waals surface area contributed by atoms with Gasteiger partial charge in [0, 0.05) is 76.7 Å². The molecule has 0 unspecified atom stereocenters. The summed E-state index contributed by atoms with van der Waals surface area (Å²) >= 11 is 0. The van der Waals surface area contributed by atoms with Gasteiger partial charge in [-0.25, -0.2) is 9.97 Å². The minimum absolute atomic E-state index is 0.567. The molecule has 10 heteroatoms. The zero-order valence-corrected chi connectivity index (χ0v) is 57.3. The Labute approximate surface area is 610 Å². The maximum Gasteiger partial charge on any atom is 0.238 e. The van der Waals surface area contributed by atoms with E-state index in [1.807, 2.05) is 36.4 Å². The molecule has 6 aromatic heterocycles. The van der Waals surface area contributed by atoms with Gasteiger partial charge in [0.25, 0.3) is 0 Å². The van der Waals surface area contributed by atoms with Crippen molar-refractivity contribution in [2.24, 2.45) is 0 Å². The molecule has 0 spiro atoms. The Morgan fingerprint density at radius 3 is 0.755 bits per heavy atom. The van der Waals surface area contributed by atoms with E-state index >= 15 is 0 Å². The van der Waals surface area contributed by atoms with Gasteiger partial charge in [-0.1, -0.05) is 297 Å². The molecule has 0 amide bonds. The summed E-state index contributed by atoms with van der Waals surface area (Å²) in [7, 11) is 0. The molecule has 0 N–H and O–H groups in total. The van der Waals surface area contributed by atoms with Crippen LogP contribution < -0.4 is 0 Å². The van der Waals surface area contributed by atoms with E-state index < -0.39 is 0 Å². The van der Waals surface area contributed by atoms with Gasteiger partial charge >= 0.3 is 0 Å². The second kappa shape index (κ2) is 25.8. The van der Waals surface area contributed by atoms with Crippen LogP contribution in [0.4, 0.5) is 0 Å². The zero-order valence-electron chi connectivity index (χ0n) is 57.3. The SMILES string of the molecule is c1ccc(-c2ccc(-c3nc(-c4ccc(-c5ccccc5)cc4)nc(-n4c5ccccc5c5cc6c7ccccc7n(-c7ccccc7)c6cc54)n3)cc2)cc1.c1ccc(-c2cccc(-c3nc(-c4ccccc4)nc(-n4c5ccccc5c5cc6c7ccccc7n(-c7ccccc7)c6cc54)n3)c2)cc1. The zero-order chi connectivity index (χ0) is 70.0. The van der Waals surface area contributed by atoms with Crippen molar-refractivity contribution in [2.75, 3.05) is 0 Å². The molecule has 0 radical (unpaired) electrons. The van der Waals surface area contributed by atoms with Gasteiger partial charge in [0.05, 0.1) is 44.1 Å². The summed E-state index contributed by atoms with van der Waals surface area (Å²) in [6, 6.07) is 132. The van der Waals surface area contributed by atoms with Gasteiger partial charge in [-0.2, -0.15) is 19.9 Å². The number of fused-ring (bicyclic) bond motifs is 12. The summed E-state index contributed by atoms with van der Waals surface area (Å²) in [5.41, 5.74) is 21.5. The highest BCUT2D eigenvalue weighted by Crippen LogP contribution is 2.43. The molecule has 6 heterocycles. The van der Waals surface area contributed by atoms with E-state index in [0.717, 1.165) is 111 Å². The molecule has 21 rings (SSSR count). The molecule has 10 nitrogen and oxygen atoms in total. The maximum atomic E-state index is 5.28. The monoisotopic (exact) mass is 1350 g/mol. The molecule has 0 fully saturated rings. The van der Waals surface area contributed by atoms with E-state index in [1.165, 1.54) is 43.7 Å². The largest absolute Gasteiger partial charge is 0.309 e. The van der Waals surface area contributed by atoms with Crippen LogP contribution >= 0.6 is 0 Å². The second-order valence-electron chi connectivity index (χ2n) is 26.6. The number of nitrogens with zero attached hydrogens (tertiary/aromatic N) is 10. The van der Waals surface area contributed by atoms with Crippen molar-refractivity contribution in [3.8, 4) is 102 Å². The van der Waals surface area contributed by atoms with Gasteiger partial charge in [-0.3, -0.25) is 9.13 Å². The van der Waals surface area contributed by atoms with Crippen LogP contribution in [0.1, 0.15) is 0 Å². The first-order valence-corrected chi connectivity index (χ1v) is 35.7. The van der Waals surface area contributed by atoms with E-state index in [-0.39, 0.29) is 0 Å². The molecular weight excluding hydrogens is 1290 g/mol.